The molecule has 4 aromatic carbocycles. The summed E-state index contributed by atoms with van der Waals surface area (Å²) in [7, 11) is 7.76. The molecule has 54 heavy (non-hydrogen) atoms. The fourth-order valence-corrected chi connectivity index (χ4v) is 7.43. The maximum absolute atomic E-state index is 14.4. The highest BCUT2D eigenvalue weighted by Gasteiger charge is 2.39. The van der Waals surface area contributed by atoms with Crippen molar-refractivity contribution in [3.63, 3.8) is 0 Å². The quantitative estimate of drug-likeness (QED) is 0.122. The first-order valence-electron chi connectivity index (χ1n) is 17.5. The Bertz CT molecular complexity index is 1900. The number of imide groups is 1. The van der Waals surface area contributed by atoms with Gasteiger partial charge in [-0.1, -0.05) is 42.8 Å². The van der Waals surface area contributed by atoms with Gasteiger partial charge in [0.05, 0.1) is 59.6 Å². The number of nitrogens with one attached hydrogen (secondary N) is 1. The van der Waals surface area contributed by atoms with Gasteiger partial charge in [0.2, 0.25) is 11.8 Å². The molecule has 4 amide bonds. The molecule has 1 aliphatic rings. The van der Waals surface area contributed by atoms with Crippen LogP contribution in [0.4, 0.5) is 4.79 Å². The number of carbonyl (C=O) groups is 3. The van der Waals surface area contributed by atoms with Gasteiger partial charge in [-0.3, -0.25) is 14.5 Å². The standard InChI is InChI=1S/C41H46ClN3O8S/c1-7-35(27-10-15-33(16-11-27)54-25-26-8-13-31(49-2)14-9-26)43-41(48)45-24-39(46)44(23-34-37(52-5)20-32(50-3)21-38(34)53-6)22-29(40(45)47)18-28-19-30(42)12-17-36(28)51-4/h8-17,19-21,29,35H,7,18,22-25H2,1-6H3,(H,43,48)/t29-,35-/m1/s1. The summed E-state index contributed by atoms with van der Waals surface area (Å²) >= 11 is 8.07. The molecule has 0 radical (unpaired) electrons. The Morgan fingerprint density at radius 3 is 2.07 bits per heavy atom. The number of methoxy groups -OCH3 is 5. The number of nitrogens with zero attached hydrogens (tertiary/aromatic N) is 2. The summed E-state index contributed by atoms with van der Waals surface area (Å²) in [5.41, 5.74) is 3.33. The first kappa shape index (κ1) is 40.1. The zero-order valence-electron chi connectivity index (χ0n) is 31.3. The summed E-state index contributed by atoms with van der Waals surface area (Å²) in [6.45, 7) is 1.58. The topological polar surface area (TPSA) is 116 Å². The minimum Gasteiger partial charge on any atom is -0.497 e. The Morgan fingerprint density at radius 2 is 1.48 bits per heavy atom. The number of ether oxygens (including phenoxy) is 5. The summed E-state index contributed by atoms with van der Waals surface area (Å²) in [4.78, 5) is 46.1. The van der Waals surface area contributed by atoms with E-state index in [-0.39, 0.29) is 19.5 Å². The molecule has 0 spiro atoms. The normalized spacial score (nSPS) is 15.0. The molecular formula is C41H46ClN3O8S. The minimum absolute atomic E-state index is 0.0162. The van der Waals surface area contributed by atoms with Crippen LogP contribution in [0.15, 0.2) is 83.8 Å². The van der Waals surface area contributed by atoms with E-state index in [0.717, 1.165) is 26.9 Å². The van der Waals surface area contributed by atoms with E-state index in [9.17, 15) is 14.4 Å². The third kappa shape index (κ3) is 9.72. The van der Waals surface area contributed by atoms with Crippen LogP contribution in [0.3, 0.4) is 0 Å². The van der Waals surface area contributed by atoms with Crippen LogP contribution in [-0.2, 0) is 28.3 Å². The highest BCUT2D eigenvalue weighted by Crippen LogP contribution is 2.36. The molecule has 4 aromatic rings. The average molecular weight is 776 g/mol. The number of amides is 4. The van der Waals surface area contributed by atoms with Gasteiger partial charge in [0, 0.05) is 34.3 Å². The zero-order chi connectivity index (χ0) is 38.8. The first-order valence-corrected chi connectivity index (χ1v) is 18.8. The number of thioether (sulfide) groups is 1. The van der Waals surface area contributed by atoms with E-state index in [1.165, 1.54) is 34.0 Å². The lowest BCUT2D eigenvalue weighted by molar-refractivity contribution is -0.135. The molecule has 0 bridgehead atoms. The van der Waals surface area contributed by atoms with Crippen LogP contribution in [-0.4, -0.2) is 76.3 Å². The fourth-order valence-electron chi connectivity index (χ4n) is 6.39. The molecular weight excluding hydrogens is 730 g/mol. The van der Waals surface area contributed by atoms with Crippen molar-refractivity contribution in [3.05, 3.63) is 106 Å². The smallest absolute Gasteiger partial charge is 0.325 e. The van der Waals surface area contributed by atoms with Crippen LogP contribution in [0.1, 0.15) is 41.6 Å². The summed E-state index contributed by atoms with van der Waals surface area (Å²) in [5, 5.41) is 3.50. The van der Waals surface area contributed by atoms with E-state index in [0.29, 0.717) is 45.6 Å². The third-order valence-corrected chi connectivity index (χ3v) is 10.7. The van der Waals surface area contributed by atoms with Gasteiger partial charge in [0.1, 0.15) is 35.3 Å². The van der Waals surface area contributed by atoms with Crippen LogP contribution >= 0.6 is 23.4 Å². The van der Waals surface area contributed by atoms with Gasteiger partial charge in [-0.25, -0.2) is 4.79 Å². The summed E-state index contributed by atoms with van der Waals surface area (Å²) in [6.07, 6.45) is 0.728. The number of carbonyl (C=O) groups excluding carboxylic acids is 3. The summed E-state index contributed by atoms with van der Waals surface area (Å²) < 4.78 is 27.6. The van der Waals surface area contributed by atoms with Crippen molar-refractivity contribution in [2.24, 2.45) is 5.92 Å². The molecule has 5 rings (SSSR count). The molecule has 286 valence electrons. The maximum Gasteiger partial charge on any atom is 0.325 e. The van der Waals surface area contributed by atoms with Gasteiger partial charge in [0.25, 0.3) is 0 Å². The Labute approximate surface area is 325 Å². The fraction of sp³-hybridized carbons (Fsp3) is 0.341. The molecule has 0 unspecified atom stereocenters. The van der Waals surface area contributed by atoms with Crippen LogP contribution in [0, 0.1) is 5.92 Å². The second-order valence-corrected chi connectivity index (χ2v) is 14.2. The van der Waals surface area contributed by atoms with Crippen molar-refractivity contribution < 1.29 is 38.1 Å². The van der Waals surface area contributed by atoms with E-state index in [1.807, 2.05) is 55.5 Å². The second kappa shape index (κ2) is 18.8. The van der Waals surface area contributed by atoms with Crippen molar-refractivity contribution in [3.8, 4) is 28.7 Å². The number of rotatable bonds is 15. The highest BCUT2D eigenvalue weighted by atomic mass is 35.5. The van der Waals surface area contributed by atoms with E-state index in [1.54, 1.807) is 54.1 Å². The summed E-state index contributed by atoms with van der Waals surface area (Å²) in [5.74, 6) is 1.86. The number of urea groups is 1. The number of hydrogen-bond donors (Lipinski definition) is 1. The molecule has 1 N–H and O–H groups in total. The van der Waals surface area contributed by atoms with Crippen molar-refractivity contribution >= 4 is 41.2 Å². The van der Waals surface area contributed by atoms with Crippen LogP contribution in [0.2, 0.25) is 5.02 Å². The van der Waals surface area contributed by atoms with Crippen molar-refractivity contribution in [1.82, 2.24) is 15.1 Å². The maximum atomic E-state index is 14.4. The van der Waals surface area contributed by atoms with Gasteiger partial charge >= 0.3 is 6.03 Å². The van der Waals surface area contributed by atoms with Crippen LogP contribution in [0.25, 0.3) is 0 Å². The lowest BCUT2D eigenvalue weighted by Gasteiger charge is -2.26. The van der Waals surface area contributed by atoms with Gasteiger partial charge in [-0.15, -0.1) is 11.8 Å². The van der Waals surface area contributed by atoms with Gasteiger partial charge in [0.15, 0.2) is 0 Å². The predicted molar refractivity (Wildman–Crippen MR) is 209 cm³/mol. The molecule has 0 aromatic heterocycles. The Balaban J connectivity index is 1.38. The molecule has 11 nitrogen and oxygen atoms in total. The molecule has 1 aliphatic heterocycles. The van der Waals surface area contributed by atoms with Crippen molar-refractivity contribution in [1.29, 1.82) is 0 Å². The third-order valence-electron chi connectivity index (χ3n) is 9.38. The van der Waals surface area contributed by atoms with Crippen LogP contribution < -0.4 is 29.0 Å². The van der Waals surface area contributed by atoms with E-state index in [2.05, 4.69) is 5.32 Å². The first-order chi connectivity index (χ1) is 26.1. The zero-order valence-corrected chi connectivity index (χ0v) is 32.9. The van der Waals surface area contributed by atoms with E-state index in [4.69, 9.17) is 35.3 Å². The minimum atomic E-state index is -0.813. The van der Waals surface area contributed by atoms with Gasteiger partial charge < -0.3 is 33.9 Å². The molecule has 1 fully saturated rings. The summed E-state index contributed by atoms with van der Waals surface area (Å²) in [6, 6.07) is 23.5. The monoisotopic (exact) mass is 775 g/mol. The molecule has 0 saturated carbocycles. The molecule has 1 heterocycles. The Hall–Kier alpha value is -5.07. The Kier molecular flexibility index (Phi) is 14.0. The average Bonchev–Trinajstić information content (AvgIpc) is 3.31. The number of hydrogen-bond acceptors (Lipinski definition) is 9. The van der Waals surface area contributed by atoms with Gasteiger partial charge in [-0.05, 0) is 72.0 Å². The van der Waals surface area contributed by atoms with Crippen molar-refractivity contribution in [2.45, 2.75) is 43.0 Å². The van der Waals surface area contributed by atoms with Crippen molar-refractivity contribution in [2.75, 3.05) is 48.6 Å². The predicted octanol–water partition coefficient (Wildman–Crippen LogP) is 7.57. The lowest BCUT2D eigenvalue weighted by Crippen LogP contribution is -2.48. The number of benzene rings is 4. The molecule has 13 heteroatoms. The highest BCUT2D eigenvalue weighted by molar-refractivity contribution is 7.98. The molecule has 0 aliphatic carbocycles. The second-order valence-electron chi connectivity index (χ2n) is 12.7. The largest absolute Gasteiger partial charge is 0.497 e. The molecule has 2 atom stereocenters. The molecule has 1 saturated heterocycles. The lowest BCUT2D eigenvalue weighted by atomic mass is 9.96. The van der Waals surface area contributed by atoms with E-state index < -0.39 is 36.3 Å². The Morgan fingerprint density at radius 1 is 0.833 bits per heavy atom. The van der Waals surface area contributed by atoms with Crippen LogP contribution in [0.5, 0.6) is 28.7 Å². The van der Waals surface area contributed by atoms with E-state index >= 15 is 0 Å². The SMILES string of the molecule is CC[C@@H](NC(=O)N1CC(=O)N(Cc2c(OC)cc(OC)cc2OC)C[C@@H](Cc2cc(Cl)ccc2OC)C1=O)c1ccc(SCc2ccc(OC)cc2)cc1. The number of halogens is 1. The van der Waals surface area contributed by atoms with Gasteiger partial charge in [-0.2, -0.15) is 0 Å².